The summed E-state index contributed by atoms with van der Waals surface area (Å²) in [6.45, 7) is 3.77. The predicted molar refractivity (Wildman–Crippen MR) is 115 cm³/mol. The van der Waals surface area contributed by atoms with E-state index >= 15 is 0 Å². The smallest absolute Gasteiger partial charge is 0.319 e. The van der Waals surface area contributed by atoms with Crippen LogP contribution in [0.3, 0.4) is 0 Å². The van der Waals surface area contributed by atoms with Gasteiger partial charge in [0.05, 0.1) is 0 Å². The number of carbonyl (C=O) groups excluding carboxylic acids is 2. The SMILES string of the molecule is CC(C)C(NC(=O)Nc1ccccc1)C(=O)Nc1ccc2c(c1)OC1(CCCC1)O2. The normalized spacial score (nSPS) is 17.0. The van der Waals surface area contributed by atoms with Gasteiger partial charge >= 0.3 is 6.03 Å². The van der Waals surface area contributed by atoms with E-state index in [1.807, 2.05) is 38.1 Å². The van der Waals surface area contributed by atoms with Gasteiger partial charge in [-0.1, -0.05) is 32.0 Å². The topological polar surface area (TPSA) is 88.7 Å². The molecular formula is C23H27N3O4. The van der Waals surface area contributed by atoms with Crippen LogP contribution >= 0.6 is 0 Å². The molecule has 1 spiro atoms. The molecule has 2 aromatic rings. The first-order valence-electron chi connectivity index (χ1n) is 10.4. The Morgan fingerprint density at radius 3 is 2.30 bits per heavy atom. The molecule has 0 aromatic heterocycles. The summed E-state index contributed by atoms with van der Waals surface area (Å²) in [6, 6.07) is 13.4. The maximum atomic E-state index is 12.9. The summed E-state index contributed by atoms with van der Waals surface area (Å²) in [7, 11) is 0. The molecule has 2 aromatic carbocycles. The van der Waals surface area contributed by atoms with Gasteiger partial charge in [0, 0.05) is 30.3 Å². The molecule has 1 aliphatic carbocycles. The molecule has 4 rings (SSSR count). The number of rotatable bonds is 5. The molecule has 1 fully saturated rings. The van der Waals surface area contributed by atoms with E-state index in [9.17, 15) is 9.59 Å². The van der Waals surface area contributed by atoms with Crippen molar-refractivity contribution >= 4 is 23.3 Å². The maximum Gasteiger partial charge on any atom is 0.319 e. The third-order valence-corrected chi connectivity index (χ3v) is 5.44. The van der Waals surface area contributed by atoms with Crippen molar-refractivity contribution < 1.29 is 19.1 Å². The molecule has 7 heteroatoms. The van der Waals surface area contributed by atoms with Crippen LogP contribution in [-0.4, -0.2) is 23.8 Å². The number of benzene rings is 2. The van der Waals surface area contributed by atoms with Gasteiger partial charge in [-0.25, -0.2) is 4.79 Å². The minimum absolute atomic E-state index is 0.0951. The third kappa shape index (κ3) is 4.35. The molecule has 1 aliphatic heterocycles. The lowest BCUT2D eigenvalue weighted by Gasteiger charge is -2.22. The molecule has 0 radical (unpaired) electrons. The fourth-order valence-corrected chi connectivity index (χ4v) is 3.87. The lowest BCUT2D eigenvalue weighted by Crippen LogP contribution is -2.48. The van der Waals surface area contributed by atoms with E-state index in [2.05, 4.69) is 16.0 Å². The van der Waals surface area contributed by atoms with Crippen molar-refractivity contribution in [1.29, 1.82) is 0 Å². The summed E-state index contributed by atoms with van der Waals surface area (Å²) in [5.74, 6) is 0.425. The molecule has 2 aliphatic rings. The number of carbonyl (C=O) groups is 2. The van der Waals surface area contributed by atoms with Crippen LogP contribution in [0.25, 0.3) is 0 Å². The average Bonchev–Trinajstić information content (AvgIpc) is 3.32. The molecule has 0 saturated heterocycles. The van der Waals surface area contributed by atoms with Crippen LogP contribution in [0.4, 0.5) is 16.2 Å². The monoisotopic (exact) mass is 409 g/mol. The van der Waals surface area contributed by atoms with Crippen molar-refractivity contribution in [3.63, 3.8) is 0 Å². The van der Waals surface area contributed by atoms with Gasteiger partial charge in [0.15, 0.2) is 11.5 Å². The van der Waals surface area contributed by atoms with E-state index in [1.54, 1.807) is 24.3 Å². The summed E-state index contributed by atoms with van der Waals surface area (Å²) >= 11 is 0. The number of hydrogen-bond donors (Lipinski definition) is 3. The Kier molecular flexibility index (Phi) is 5.53. The highest BCUT2D eigenvalue weighted by molar-refractivity contribution is 5.99. The molecule has 1 heterocycles. The number of anilines is 2. The summed E-state index contributed by atoms with van der Waals surface area (Å²) in [6.07, 6.45) is 3.92. The number of amides is 3. The Hall–Kier alpha value is -3.22. The van der Waals surface area contributed by atoms with Crippen LogP contribution in [-0.2, 0) is 4.79 Å². The zero-order valence-corrected chi connectivity index (χ0v) is 17.2. The van der Waals surface area contributed by atoms with Gasteiger partial charge in [0.1, 0.15) is 6.04 Å². The first-order chi connectivity index (χ1) is 14.4. The van der Waals surface area contributed by atoms with Crippen LogP contribution in [0, 0.1) is 5.92 Å². The number of ether oxygens (including phenoxy) is 2. The second-order valence-electron chi connectivity index (χ2n) is 8.16. The fourth-order valence-electron chi connectivity index (χ4n) is 3.87. The predicted octanol–water partition coefficient (Wildman–Crippen LogP) is 4.51. The van der Waals surface area contributed by atoms with E-state index < -0.39 is 17.9 Å². The zero-order chi connectivity index (χ0) is 21.1. The van der Waals surface area contributed by atoms with Gasteiger partial charge in [-0.3, -0.25) is 4.79 Å². The third-order valence-electron chi connectivity index (χ3n) is 5.44. The second-order valence-corrected chi connectivity index (χ2v) is 8.16. The van der Waals surface area contributed by atoms with Crippen LogP contribution < -0.4 is 25.4 Å². The summed E-state index contributed by atoms with van der Waals surface area (Å²) < 4.78 is 12.1. The summed E-state index contributed by atoms with van der Waals surface area (Å²) in [5.41, 5.74) is 1.27. The van der Waals surface area contributed by atoms with Gasteiger partial charge in [-0.2, -0.15) is 0 Å². The number of urea groups is 1. The lowest BCUT2D eigenvalue weighted by atomic mass is 10.0. The highest BCUT2D eigenvalue weighted by Gasteiger charge is 2.44. The van der Waals surface area contributed by atoms with E-state index in [0.717, 1.165) is 25.7 Å². The fraction of sp³-hybridized carbons (Fsp3) is 0.391. The Labute approximate surface area is 176 Å². The minimum atomic E-state index is -0.694. The standard InChI is InChI=1S/C23H27N3O4/c1-15(2)20(26-22(28)25-16-8-4-3-5-9-16)21(27)24-17-10-11-18-19(14-17)30-23(29-18)12-6-7-13-23/h3-5,8-11,14-15,20H,6-7,12-13H2,1-2H3,(H,24,27)(H2,25,26,28). The number of hydrogen-bond acceptors (Lipinski definition) is 4. The van der Waals surface area contributed by atoms with Crippen molar-refractivity contribution in [2.75, 3.05) is 10.6 Å². The van der Waals surface area contributed by atoms with Crippen molar-refractivity contribution in [2.24, 2.45) is 5.92 Å². The highest BCUT2D eigenvalue weighted by atomic mass is 16.7. The van der Waals surface area contributed by atoms with E-state index in [0.29, 0.717) is 22.9 Å². The molecule has 0 bridgehead atoms. The van der Waals surface area contributed by atoms with E-state index in [4.69, 9.17) is 9.47 Å². The maximum absolute atomic E-state index is 12.9. The molecule has 1 atom stereocenters. The van der Waals surface area contributed by atoms with Crippen molar-refractivity contribution in [2.45, 2.75) is 51.4 Å². The molecule has 3 N–H and O–H groups in total. The summed E-state index contributed by atoms with van der Waals surface area (Å²) in [4.78, 5) is 25.2. The highest BCUT2D eigenvalue weighted by Crippen LogP contribution is 2.47. The average molecular weight is 409 g/mol. The minimum Gasteiger partial charge on any atom is -0.448 e. The second kappa shape index (κ2) is 8.26. The molecular weight excluding hydrogens is 382 g/mol. The van der Waals surface area contributed by atoms with Crippen LogP contribution in [0.2, 0.25) is 0 Å². The lowest BCUT2D eigenvalue weighted by molar-refractivity contribution is -0.118. The van der Waals surface area contributed by atoms with Gasteiger partial charge in [-0.05, 0) is 43.0 Å². The number of fused-ring (bicyclic) bond motifs is 1. The molecule has 7 nitrogen and oxygen atoms in total. The number of para-hydroxylation sites is 1. The molecule has 30 heavy (non-hydrogen) atoms. The van der Waals surface area contributed by atoms with Crippen LogP contribution in [0.15, 0.2) is 48.5 Å². The Morgan fingerprint density at radius 1 is 0.900 bits per heavy atom. The van der Waals surface area contributed by atoms with Crippen LogP contribution in [0.5, 0.6) is 11.5 Å². The van der Waals surface area contributed by atoms with Crippen molar-refractivity contribution in [3.8, 4) is 11.5 Å². The first-order valence-corrected chi connectivity index (χ1v) is 10.4. The summed E-state index contributed by atoms with van der Waals surface area (Å²) in [5, 5.41) is 8.38. The van der Waals surface area contributed by atoms with Gasteiger partial charge in [0.2, 0.25) is 5.91 Å². The van der Waals surface area contributed by atoms with Crippen molar-refractivity contribution in [3.05, 3.63) is 48.5 Å². The Morgan fingerprint density at radius 2 is 1.60 bits per heavy atom. The Bertz CT molecular complexity index is 923. The van der Waals surface area contributed by atoms with Gasteiger partial charge in [0.25, 0.3) is 5.79 Å². The molecule has 1 saturated carbocycles. The van der Waals surface area contributed by atoms with Gasteiger partial charge < -0.3 is 25.4 Å². The Balaban J connectivity index is 1.40. The van der Waals surface area contributed by atoms with Gasteiger partial charge in [-0.15, -0.1) is 0 Å². The first kappa shape index (κ1) is 20.1. The zero-order valence-electron chi connectivity index (χ0n) is 17.2. The quantitative estimate of drug-likeness (QED) is 0.678. The van der Waals surface area contributed by atoms with Crippen LogP contribution in [0.1, 0.15) is 39.5 Å². The van der Waals surface area contributed by atoms with E-state index in [-0.39, 0.29) is 11.8 Å². The largest absolute Gasteiger partial charge is 0.448 e. The molecule has 158 valence electrons. The van der Waals surface area contributed by atoms with E-state index in [1.165, 1.54) is 0 Å². The molecule has 3 amide bonds. The number of nitrogens with one attached hydrogen (secondary N) is 3. The molecule has 1 unspecified atom stereocenters. The van der Waals surface area contributed by atoms with Crippen molar-refractivity contribution in [1.82, 2.24) is 5.32 Å².